The molecule has 1 aromatic rings. The van der Waals surface area contributed by atoms with Gasteiger partial charge in [0.25, 0.3) is 0 Å². The molecule has 0 saturated carbocycles. The van der Waals surface area contributed by atoms with E-state index in [2.05, 4.69) is 18.3 Å². The van der Waals surface area contributed by atoms with Gasteiger partial charge >= 0.3 is 5.97 Å². The van der Waals surface area contributed by atoms with Crippen LogP contribution in [0.5, 0.6) is 0 Å². The summed E-state index contributed by atoms with van der Waals surface area (Å²) in [5.41, 5.74) is 2.38. The number of rotatable bonds is 6. The van der Waals surface area contributed by atoms with E-state index < -0.39 is 0 Å². The molecule has 0 aromatic heterocycles. The lowest BCUT2D eigenvalue weighted by Crippen LogP contribution is -2.12. The van der Waals surface area contributed by atoms with Crippen LogP contribution in [0, 0.1) is 0 Å². The van der Waals surface area contributed by atoms with E-state index in [1.165, 1.54) is 5.56 Å². The van der Waals surface area contributed by atoms with Crippen LogP contribution in [0.25, 0.3) is 0 Å². The molecule has 3 heteroatoms. The topological polar surface area (TPSA) is 38.3 Å². The van der Waals surface area contributed by atoms with Crippen LogP contribution in [-0.2, 0) is 16.0 Å². The van der Waals surface area contributed by atoms with Gasteiger partial charge in [0.05, 0.1) is 13.0 Å². The number of para-hydroxylation sites is 1. The standard InChI is InChI=1S/C13H19NO2/c1-3-11-7-5-6-8-12(11)14-10-9-13(15)16-4-2/h5-8,14H,3-4,9-10H2,1-2H3. The Labute approximate surface area is 96.8 Å². The Morgan fingerprint density at radius 3 is 2.75 bits per heavy atom. The van der Waals surface area contributed by atoms with Crippen molar-refractivity contribution in [2.45, 2.75) is 26.7 Å². The van der Waals surface area contributed by atoms with E-state index >= 15 is 0 Å². The Balaban J connectivity index is 2.39. The second-order valence-corrected chi connectivity index (χ2v) is 3.49. The molecule has 16 heavy (non-hydrogen) atoms. The average molecular weight is 221 g/mol. The van der Waals surface area contributed by atoms with Crippen LogP contribution in [0.15, 0.2) is 24.3 Å². The summed E-state index contributed by atoms with van der Waals surface area (Å²) in [4.78, 5) is 11.1. The normalized spacial score (nSPS) is 9.88. The molecular formula is C13H19NO2. The van der Waals surface area contributed by atoms with E-state index in [1.54, 1.807) is 0 Å². The number of nitrogens with one attached hydrogen (secondary N) is 1. The maximum Gasteiger partial charge on any atom is 0.307 e. The highest BCUT2D eigenvalue weighted by Gasteiger charge is 2.02. The third-order valence-electron chi connectivity index (χ3n) is 2.35. The molecule has 3 nitrogen and oxygen atoms in total. The second kappa shape index (κ2) is 6.88. The summed E-state index contributed by atoms with van der Waals surface area (Å²) < 4.78 is 4.86. The van der Waals surface area contributed by atoms with Crippen LogP contribution >= 0.6 is 0 Å². The third-order valence-corrected chi connectivity index (χ3v) is 2.35. The Kier molecular flexibility index (Phi) is 5.40. The van der Waals surface area contributed by atoms with Gasteiger partial charge in [-0.15, -0.1) is 0 Å². The fraction of sp³-hybridized carbons (Fsp3) is 0.462. The zero-order valence-electron chi connectivity index (χ0n) is 9.95. The molecule has 0 radical (unpaired) electrons. The highest BCUT2D eigenvalue weighted by atomic mass is 16.5. The van der Waals surface area contributed by atoms with Gasteiger partial charge in [-0.05, 0) is 25.0 Å². The van der Waals surface area contributed by atoms with Crippen LogP contribution in [0.3, 0.4) is 0 Å². The lowest BCUT2D eigenvalue weighted by atomic mass is 10.1. The van der Waals surface area contributed by atoms with E-state index in [9.17, 15) is 4.79 Å². The highest BCUT2D eigenvalue weighted by Crippen LogP contribution is 2.15. The summed E-state index contributed by atoms with van der Waals surface area (Å²) in [5.74, 6) is -0.149. The van der Waals surface area contributed by atoms with Crippen molar-refractivity contribution < 1.29 is 9.53 Å². The predicted molar refractivity (Wildman–Crippen MR) is 65.6 cm³/mol. The number of anilines is 1. The third kappa shape index (κ3) is 3.93. The fourth-order valence-electron chi connectivity index (χ4n) is 1.53. The molecule has 0 spiro atoms. The first kappa shape index (κ1) is 12.6. The van der Waals surface area contributed by atoms with Gasteiger partial charge in [0.2, 0.25) is 0 Å². The van der Waals surface area contributed by atoms with Crippen LogP contribution in [0.2, 0.25) is 0 Å². The molecule has 0 unspecified atom stereocenters. The summed E-state index contributed by atoms with van der Waals surface area (Å²) in [6, 6.07) is 8.14. The lowest BCUT2D eigenvalue weighted by Gasteiger charge is -2.10. The second-order valence-electron chi connectivity index (χ2n) is 3.49. The molecular weight excluding hydrogens is 202 g/mol. The zero-order valence-corrected chi connectivity index (χ0v) is 9.95. The molecule has 0 bridgehead atoms. The molecule has 0 fully saturated rings. The summed E-state index contributed by atoms with van der Waals surface area (Å²) in [7, 11) is 0. The predicted octanol–water partition coefficient (Wildman–Crippen LogP) is 2.61. The molecule has 0 amide bonds. The van der Waals surface area contributed by atoms with Crippen LogP contribution in [0.4, 0.5) is 5.69 Å². The maximum atomic E-state index is 11.1. The first-order chi connectivity index (χ1) is 7.77. The van der Waals surface area contributed by atoms with E-state index in [-0.39, 0.29) is 5.97 Å². The van der Waals surface area contributed by atoms with Crippen molar-refractivity contribution in [2.24, 2.45) is 0 Å². The average Bonchev–Trinajstić information content (AvgIpc) is 2.30. The van der Waals surface area contributed by atoms with Gasteiger partial charge in [-0.2, -0.15) is 0 Å². The molecule has 0 aliphatic rings. The van der Waals surface area contributed by atoms with Gasteiger partial charge in [0, 0.05) is 12.2 Å². The van der Waals surface area contributed by atoms with E-state index in [4.69, 9.17) is 4.74 Å². The summed E-state index contributed by atoms with van der Waals surface area (Å²) >= 11 is 0. The molecule has 88 valence electrons. The summed E-state index contributed by atoms with van der Waals surface area (Å²) in [6.45, 7) is 5.00. The minimum atomic E-state index is -0.149. The number of benzene rings is 1. The number of hydrogen-bond acceptors (Lipinski definition) is 3. The number of carbonyl (C=O) groups is 1. The Hall–Kier alpha value is -1.51. The summed E-state index contributed by atoms with van der Waals surface area (Å²) in [5, 5.41) is 3.25. The van der Waals surface area contributed by atoms with Crippen molar-refractivity contribution in [2.75, 3.05) is 18.5 Å². The number of carbonyl (C=O) groups excluding carboxylic acids is 1. The Morgan fingerprint density at radius 1 is 1.31 bits per heavy atom. The fourth-order valence-corrected chi connectivity index (χ4v) is 1.53. The largest absolute Gasteiger partial charge is 0.466 e. The van der Waals surface area contributed by atoms with Crippen molar-refractivity contribution in [1.29, 1.82) is 0 Å². The molecule has 1 aromatic carbocycles. The first-order valence-corrected chi connectivity index (χ1v) is 5.75. The quantitative estimate of drug-likeness (QED) is 0.750. The van der Waals surface area contributed by atoms with Gasteiger partial charge < -0.3 is 10.1 Å². The van der Waals surface area contributed by atoms with Crippen molar-refractivity contribution in [3.8, 4) is 0 Å². The first-order valence-electron chi connectivity index (χ1n) is 5.75. The maximum absolute atomic E-state index is 11.1. The van der Waals surface area contributed by atoms with Crippen molar-refractivity contribution in [1.82, 2.24) is 0 Å². The Bertz CT molecular complexity index is 336. The minimum absolute atomic E-state index is 0.149. The van der Waals surface area contributed by atoms with E-state index in [0.29, 0.717) is 19.6 Å². The molecule has 0 atom stereocenters. The van der Waals surface area contributed by atoms with Gasteiger partial charge in [-0.1, -0.05) is 25.1 Å². The number of esters is 1. The SMILES string of the molecule is CCOC(=O)CCNc1ccccc1CC. The number of ether oxygens (including phenoxy) is 1. The van der Waals surface area contributed by atoms with Crippen molar-refractivity contribution in [3.05, 3.63) is 29.8 Å². The molecule has 0 heterocycles. The van der Waals surface area contributed by atoms with E-state index in [0.717, 1.165) is 12.1 Å². The van der Waals surface area contributed by atoms with Gasteiger partial charge in [-0.3, -0.25) is 4.79 Å². The molecule has 0 saturated heterocycles. The smallest absolute Gasteiger partial charge is 0.307 e. The van der Waals surface area contributed by atoms with Crippen LogP contribution < -0.4 is 5.32 Å². The molecule has 1 rings (SSSR count). The minimum Gasteiger partial charge on any atom is -0.466 e. The van der Waals surface area contributed by atoms with Gasteiger partial charge in [0.1, 0.15) is 0 Å². The lowest BCUT2D eigenvalue weighted by molar-refractivity contribution is -0.142. The Morgan fingerprint density at radius 2 is 2.06 bits per heavy atom. The van der Waals surface area contributed by atoms with E-state index in [1.807, 2.05) is 25.1 Å². The van der Waals surface area contributed by atoms with Crippen LogP contribution in [0.1, 0.15) is 25.8 Å². The van der Waals surface area contributed by atoms with Crippen LogP contribution in [-0.4, -0.2) is 19.1 Å². The van der Waals surface area contributed by atoms with Gasteiger partial charge in [-0.25, -0.2) is 0 Å². The molecule has 0 aliphatic heterocycles. The monoisotopic (exact) mass is 221 g/mol. The van der Waals surface area contributed by atoms with Gasteiger partial charge in [0.15, 0.2) is 0 Å². The molecule has 0 aliphatic carbocycles. The number of aryl methyl sites for hydroxylation is 1. The highest BCUT2D eigenvalue weighted by molar-refractivity contribution is 5.70. The molecule has 1 N–H and O–H groups in total. The number of hydrogen-bond donors (Lipinski definition) is 1. The zero-order chi connectivity index (χ0) is 11.8. The van der Waals surface area contributed by atoms with Crippen molar-refractivity contribution >= 4 is 11.7 Å². The van der Waals surface area contributed by atoms with Crippen molar-refractivity contribution in [3.63, 3.8) is 0 Å². The summed E-state index contributed by atoms with van der Waals surface area (Å²) in [6.07, 6.45) is 1.40.